The summed E-state index contributed by atoms with van der Waals surface area (Å²) in [5.74, 6) is 0.483. The highest BCUT2D eigenvalue weighted by Gasteiger charge is 2.13. The molecule has 2 N–H and O–H groups in total. The maximum absolute atomic E-state index is 12.2. The third-order valence-electron chi connectivity index (χ3n) is 4.13. The number of benzene rings is 2. The average Bonchev–Trinajstić information content (AvgIpc) is 2.63. The van der Waals surface area contributed by atoms with Crippen LogP contribution in [0.3, 0.4) is 0 Å². The number of hydrogen-bond donors (Lipinski definition) is 2. The van der Waals surface area contributed by atoms with Gasteiger partial charge in [-0.1, -0.05) is 50.6 Å². The van der Waals surface area contributed by atoms with Crippen molar-refractivity contribution in [1.29, 1.82) is 0 Å². The molecule has 0 unspecified atom stereocenters. The fraction of sp³-hybridized carbons (Fsp3) is 0.182. The minimum atomic E-state index is -0.224. The third kappa shape index (κ3) is 5.08. The monoisotopic (exact) mass is 379 g/mol. The number of hydrogen-bond acceptors (Lipinski definition) is 3. The minimum absolute atomic E-state index is 0.125. The van der Waals surface area contributed by atoms with Crippen LogP contribution in [0.1, 0.15) is 36.7 Å². The van der Waals surface area contributed by atoms with Crippen molar-refractivity contribution < 1.29 is 4.79 Å². The second-order valence-corrected chi connectivity index (χ2v) is 7.79. The van der Waals surface area contributed by atoms with Crippen LogP contribution in [0.2, 0.25) is 5.02 Å². The Labute approximate surface area is 164 Å². The van der Waals surface area contributed by atoms with E-state index in [0.29, 0.717) is 22.1 Å². The SMILES string of the molecule is CC(C)(C)c1ccc(Nc2ccc(NC(=O)c3cccc(Cl)c3)cn2)cc1. The molecule has 27 heavy (non-hydrogen) atoms. The molecule has 3 aromatic rings. The molecule has 0 aliphatic carbocycles. The summed E-state index contributed by atoms with van der Waals surface area (Å²) in [5, 5.41) is 6.60. The Kier molecular flexibility index (Phi) is 5.47. The van der Waals surface area contributed by atoms with Gasteiger partial charge < -0.3 is 10.6 Å². The van der Waals surface area contributed by atoms with Crippen LogP contribution in [0, 0.1) is 0 Å². The van der Waals surface area contributed by atoms with E-state index in [4.69, 9.17) is 11.6 Å². The van der Waals surface area contributed by atoms with E-state index in [0.717, 1.165) is 5.69 Å². The number of aromatic nitrogens is 1. The quantitative estimate of drug-likeness (QED) is 0.582. The summed E-state index contributed by atoms with van der Waals surface area (Å²) < 4.78 is 0. The predicted molar refractivity (Wildman–Crippen MR) is 112 cm³/mol. The minimum Gasteiger partial charge on any atom is -0.340 e. The van der Waals surface area contributed by atoms with Gasteiger partial charge in [0.1, 0.15) is 5.82 Å². The number of nitrogens with one attached hydrogen (secondary N) is 2. The van der Waals surface area contributed by atoms with Gasteiger partial charge >= 0.3 is 0 Å². The number of nitrogens with zero attached hydrogens (tertiary/aromatic N) is 1. The molecule has 1 amide bonds. The fourth-order valence-corrected chi connectivity index (χ4v) is 2.77. The van der Waals surface area contributed by atoms with Crippen molar-refractivity contribution in [2.45, 2.75) is 26.2 Å². The third-order valence-corrected chi connectivity index (χ3v) is 4.37. The van der Waals surface area contributed by atoms with Crippen LogP contribution >= 0.6 is 11.6 Å². The number of halogens is 1. The molecule has 2 aromatic carbocycles. The molecule has 5 heteroatoms. The summed E-state index contributed by atoms with van der Waals surface area (Å²) in [7, 11) is 0. The Morgan fingerprint density at radius 1 is 0.963 bits per heavy atom. The molecule has 0 bridgehead atoms. The summed E-state index contributed by atoms with van der Waals surface area (Å²) in [4.78, 5) is 16.6. The lowest BCUT2D eigenvalue weighted by molar-refractivity contribution is 0.102. The van der Waals surface area contributed by atoms with Gasteiger partial charge in [-0.15, -0.1) is 0 Å². The number of rotatable bonds is 4. The van der Waals surface area contributed by atoms with Gasteiger partial charge in [-0.3, -0.25) is 4.79 Å². The van der Waals surface area contributed by atoms with E-state index in [9.17, 15) is 4.79 Å². The topological polar surface area (TPSA) is 54.0 Å². The first kappa shape index (κ1) is 18.9. The van der Waals surface area contributed by atoms with Gasteiger partial charge in [0.2, 0.25) is 0 Å². The van der Waals surface area contributed by atoms with Gasteiger partial charge in [0.25, 0.3) is 5.91 Å². The van der Waals surface area contributed by atoms with Crippen LogP contribution in [0.25, 0.3) is 0 Å². The van der Waals surface area contributed by atoms with E-state index >= 15 is 0 Å². The van der Waals surface area contributed by atoms with E-state index in [1.165, 1.54) is 5.56 Å². The highest BCUT2D eigenvalue weighted by atomic mass is 35.5. The second kappa shape index (κ2) is 7.80. The van der Waals surface area contributed by atoms with Gasteiger partial charge in [-0.25, -0.2) is 4.98 Å². The van der Waals surface area contributed by atoms with E-state index in [2.05, 4.69) is 48.5 Å². The summed E-state index contributed by atoms with van der Waals surface area (Å²) in [5.41, 5.74) is 3.49. The van der Waals surface area contributed by atoms with Crippen LogP contribution in [0.4, 0.5) is 17.2 Å². The highest BCUT2D eigenvalue weighted by Crippen LogP contribution is 2.24. The van der Waals surface area contributed by atoms with Gasteiger partial charge in [-0.05, 0) is 53.4 Å². The first-order valence-corrected chi connectivity index (χ1v) is 9.09. The summed E-state index contributed by atoms with van der Waals surface area (Å²) in [6, 6.07) is 18.7. The molecule has 0 aliphatic heterocycles. The van der Waals surface area contributed by atoms with Gasteiger partial charge in [0.05, 0.1) is 11.9 Å². The van der Waals surface area contributed by atoms with Gasteiger partial charge in [0, 0.05) is 16.3 Å². The molecule has 1 heterocycles. The highest BCUT2D eigenvalue weighted by molar-refractivity contribution is 6.31. The Morgan fingerprint density at radius 3 is 2.26 bits per heavy atom. The molecule has 1 aromatic heterocycles. The molecule has 0 aliphatic rings. The maximum Gasteiger partial charge on any atom is 0.255 e. The van der Waals surface area contributed by atoms with Crippen LogP contribution < -0.4 is 10.6 Å². The molecule has 0 atom stereocenters. The first-order valence-electron chi connectivity index (χ1n) is 8.72. The number of pyridine rings is 1. The van der Waals surface area contributed by atoms with E-state index < -0.39 is 0 Å². The Bertz CT molecular complexity index is 929. The Morgan fingerprint density at radius 2 is 1.67 bits per heavy atom. The van der Waals surface area contributed by atoms with Crippen molar-refractivity contribution in [3.05, 3.63) is 83.0 Å². The molecule has 0 spiro atoms. The zero-order chi connectivity index (χ0) is 19.4. The molecule has 138 valence electrons. The van der Waals surface area contributed by atoms with Crippen LogP contribution in [-0.4, -0.2) is 10.9 Å². The van der Waals surface area contributed by atoms with E-state index in [1.807, 2.05) is 18.2 Å². The normalized spacial score (nSPS) is 11.1. The number of amides is 1. The smallest absolute Gasteiger partial charge is 0.255 e. The van der Waals surface area contributed by atoms with Crippen molar-refractivity contribution in [3.63, 3.8) is 0 Å². The Balaban J connectivity index is 1.64. The number of carbonyl (C=O) groups excluding carboxylic acids is 1. The molecule has 0 saturated carbocycles. The van der Waals surface area contributed by atoms with Gasteiger partial charge in [-0.2, -0.15) is 0 Å². The molecular weight excluding hydrogens is 358 g/mol. The largest absolute Gasteiger partial charge is 0.340 e. The molecular formula is C22H22ClN3O. The van der Waals surface area contributed by atoms with Crippen molar-refractivity contribution in [3.8, 4) is 0 Å². The lowest BCUT2D eigenvalue weighted by Gasteiger charge is -2.19. The molecule has 4 nitrogen and oxygen atoms in total. The molecule has 0 fully saturated rings. The van der Waals surface area contributed by atoms with Crippen molar-refractivity contribution >= 4 is 34.7 Å². The van der Waals surface area contributed by atoms with Crippen molar-refractivity contribution in [2.75, 3.05) is 10.6 Å². The fourth-order valence-electron chi connectivity index (χ4n) is 2.58. The lowest BCUT2D eigenvalue weighted by Crippen LogP contribution is -2.12. The van der Waals surface area contributed by atoms with Crippen LogP contribution in [0.15, 0.2) is 66.9 Å². The van der Waals surface area contributed by atoms with E-state index in [-0.39, 0.29) is 11.3 Å². The van der Waals surface area contributed by atoms with Gasteiger partial charge in [0.15, 0.2) is 0 Å². The average molecular weight is 380 g/mol. The molecule has 0 radical (unpaired) electrons. The first-order chi connectivity index (χ1) is 12.8. The van der Waals surface area contributed by atoms with Crippen molar-refractivity contribution in [2.24, 2.45) is 0 Å². The standard InChI is InChI=1S/C22H22ClN3O/c1-22(2,3)16-7-9-18(10-8-16)25-20-12-11-19(14-24-20)26-21(27)15-5-4-6-17(23)13-15/h4-14H,1-3H3,(H,24,25)(H,26,27). The second-order valence-electron chi connectivity index (χ2n) is 7.35. The molecule has 0 saturated heterocycles. The maximum atomic E-state index is 12.2. The zero-order valence-electron chi connectivity index (χ0n) is 15.6. The number of carbonyl (C=O) groups is 1. The lowest BCUT2D eigenvalue weighted by atomic mass is 9.87. The number of anilines is 3. The van der Waals surface area contributed by atoms with Crippen LogP contribution in [-0.2, 0) is 5.41 Å². The summed E-state index contributed by atoms with van der Waals surface area (Å²) >= 11 is 5.92. The Hall–Kier alpha value is -2.85. The van der Waals surface area contributed by atoms with E-state index in [1.54, 1.807) is 36.5 Å². The summed E-state index contributed by atoms with van der Waals surface area (Å²) in [6.45, 7) is 6.56. The zero-order valence-corrected chi connectivity index (χ0v) is 16.3. The predicted octanol–water partition coefficient (Wildman–Crippen LogP) is 6.03. The van der Waals surface area contributed by atoms with Crippen LogP contribution in [0.5, 0.6) is 0 Å². The van der Waals surface area contributed by atoms with Crippen molar-refractivity contribution in [1.82, 2.24) is 4.98 Å². The summed E-state index contributed by atoms with van der Waals surface area (Å²) in [6.07, 6.45) is 1.62. The molecule has 3 rings (SSSR count).